The van der Waals surface area contributed by atoms with Crippen molar-refractivity contribution in [2.24, 2.45) is 5.92 Å². The fraction of sp³-hybridized carbons (Fsp3) is 0.381. The predicted octanol–water partition coefficient (Wildman–Crippen LogP) is 6.22. The number of anilines is 1. The summed E-state index contributed by atoms with van der Waals surface area (Å²) in [7, 11) is 0. The van der Waals surface area contributed by atoms with Crippen LogP contribution in [0.4, 0.5) is 36.6 Å². The molecule has 2 bridgehead atoms. The van der Waals surface area contributed by atoms with Crippen LogP contribution in [0.25, 0.3) is 5.69 Å². The molecule has 1 saturated heterocycles. The van der Waals surface area contributed by atoms with Gasteiger partial charge in [-0.1, -0.05) is 11.6 Å². The molecule has 1 saturated carbocycles. The van der Waals surface area contributed by atoms with Gasteiger partial charge in [-0.3, -0.25) is 4.57 Å². The van der Waals surface area contributed by atoms with Gasteiger partial charge in [0, 0.05) is 6.04 Å². The predicted molar refractivity (Wildman–Crippen MR) is 107 cm³/mol. The zero-order chi connectivity index (χ0) is 24.4. The van der Waals surface area contributed by atoms with Gasteiger partial charge in [-0.2, -0.15) is 26.3 Å². The molecular weight excluding hydrogens is 491 g/mol. The van der Waals surface area contributed by atoms with Crippen molar-refractivity contribution in [3.05, 3.63) is 64.6 Å². The number of hydrogen-bond acceptors (Lipinski definition) is 4. The van der Waals surface area contributed by atoms with Gasteiger partial charge in [0.25, 0.3) is 0 Å². The number of piperidine rings is 1. The molecule has 13 heteroatoms. The van der Waals surface area contributed by atoms with Crippen molar-refractivity contribution in [1.29, 1.82) is 0 Å². The summed E-state index contributed by atoms with van der Waals surface area (Å²) in [5.74, 6) is -0.863. The van der Waals surface area contributed by atoms with E-state index in [2.05, 4.69) is 15.2 Å². The summed E-state index contributed by atoms with van der Waals surface area (Å²) >= 11 is 5.89. The standard InChI is InChI=1S/C21H15ClF7N5/c22-14-8-12(3-4-15(14)23)33-9-30-32-19(33)18-10-1-2-13(5-10)34(18)17-7-11(20(24,25)26)6-16(31-17)21(27,28)29/h3-4,6-10,13,18H,1-2,5H2/t10-,13+,18-/m0/s1. The molecular formula is C21H15ClF7N5. The second-order valence-corrected chi connectivity index (χ2v) is 8.74. The number of aromatic nitrogens is 4. The Morgan fingerprint density at radius 3 is 2.41 bits per heavy atom. The summed E-state index contributed by atoms with van der Waals surface area (Å²) < 4.78 is 95.8. The van der Waals surface area contributed by atoms with E-state index in [1.54, 1.807) is 0 Å². The highest BCUT2D eigenvalue weighted by Crippen LogP contribution is 2.52. The van der Waals surface area contributed by atoms with E-state index in [4.69, 9.17) is 11.6 Å². The van der Waals surface area contributed by atoms with E-state index in [1.165, 1.54) is 27.9 Å². The lowest BCUT2D eigenvalue weighted by Crippen LogP contribution is -2.37. The fourth-order valence-corrected chi connectivity index (χ4v) is 5.06. The lowest BCUT2D eigenvalue weighted by molar-refractivity contribution is -0.145. The van der Waals surface area contributed by atoms with Crippen LogP contribution in [0.1, 0.15) is 42.4 Å². The van der Waals surface area contributed by atoms with Crippen LogP contribution in [0.15, 0.2) is 36.7 Å². The van der Waals surface area contributed by atoms with Crippen LogP contribution >= 0.6 is 11.6 Å². The Hall–Kier alpha value is -2.89. The molecule has 1 aromatic carbocycles. The van der Waals surface area contributed by atoms with Gasteiger partial charge in [0.05, 0.1) is 22.3 Å². The van der Waals surface area contributed by atoms with Crippen LogP contribution in [0.5, 0.6) is 0 Å². The first kappa shape index (κ1) is 22.9. The molecule has 3 atom stereocenters. The molecule has 5 rings (SSSR count). The maximum absolute atomic E-state index is 13.6. The smallest absolute Gasteiger partial charge is 0.343 e. The summed E-state index contributed by atoms with van der Waals surface area (Å²) in [5, 5.41) is 7.86. The Labute approximate surface area is 193 Å². The summed E-state index contributed by atoms with van der Waals surface area (Å²) in [4.78, 5) is 5.06. The molecule has 2 aromatic heterocycles. The minimum absolute atomic E-state index is 0.00977. The number of halogens is 8. The third kappa shape index (κ3) is 3.87. The van der Waals surface area contributed by atoms with E-state index in [9.17, 15) is 30.7 Å². The van der Waals surface area contributed by atoms with Gasteiger partial charge in [-0.25, -0.2) is 9.37 Å². The summed E-state index contributed by atoms with van der Waals surface area (Å²) in [6.45, 7) is 0. The van der Waals surface area contributed by atoms with Crippen LogP contribution < -0.4 is 4.90 Å². The molecule has 180 valence electrons. The van der Waals surface area contributed by atoms with Gasteiger partial charge in [0.1, 0.15) is 23.7 Å². The topological polar surface area (TPSA) is 46.8 Å². The highest BCUT2D eigenvalue weighted by molar-refractivity contribution is 6.30. The first-order chi connectivity index (χ1) is 15.9. The van der Waals surface area contributed by atoms with Gasteiger partial charge >= 0.3 is 12.4 Å². The molecule has 2 aliphatic rings. The third-order valence-electron chi connectivity index (χ3n) is 6.30. The lowest BCUT2D eigenvalue weighted by atomic mass is 9.97. The lowest BCUT2D eigenvalue weighted by Gasteiger charge is -2.36. The molecule has 0 spiro atoms. The van der Waals surface area contributed by atoms with Crippen molar-refractivity contribution in [3.8, 4) is 5.69 Å². The fourth-order valence-electron chi connectivity index (χ4n) is 4.89. The first-order valence-electron chi connectivity index (χ1n) is 10.2. The highest BCUT2D eigenvalue weighted by atomic mass is 35.5. The maximum atomic E-state index is 13.6. The van der Waals surface area contributed by atoms with E-state index in [0.717, 1.165) is 6.07 Å². The Kier molecular flexibility index (Phi) is 5.26. The number of hydrogen-bond donors (Lipinski definition) is 0. The van der Waals surface area contributed by atoms with E-state index in [0.29, 0.717) is 36.8 Å². The van der Waals surface area contributed by atoms with Gasteiger partial charge in [0.2, 0.25) is 0 Å². The largest absolute Gasteiger partial charge is 0.433 e. The second-order valence-electron chi connectivity index (χ2n) is 8.33. The van der Waals surface area contributed by atoms with E-state index >= 15 is 0 Å². The molecule has 0 N–H and O–H groups in total. The third-order valence-corrected chi connectivity index (χ3v) is 6.59. The molecule has 3 aromatic rings. The van der Waals surface area contributed by atoms with Crippen LogP contribution in [-0.4, -0.2) is 25.8 Å². The maximum Gasteiger partial charge on any atom is 0.433 e. The molecule has 2 fully saturated rings. The monoisotopic (exact) mass is 505 g/mol. The zero-order valence-corrected chi connectivity index (χ0v) is 17.8. The van der Waals surface area contributed by atoms with Gasteiger partial charge in [0.15, 0.2) is 5.82 Å². The molecule has 5 nitrogen and oxygen atoms in total. The van der Waals surface area contributed by atoms with Crippen molar-refractivity contribution in [2.45, 2.75) is 43.7 Å². The van der Waals surface area contributed by atoms with E-state index in [1.807, 2.05) is 0 Å². The summed E-state index contributed by atoms with van der Waals surface area (Å²) in [6, 6.07) is 3.57. The van der Waals surface area contributed by atoms with Gasteiger partial charge in [-0.05, 0) is 55.5 Å². The van der Waals surface area contributed by atoms with Crippen LogP contribution in [0, 0.1) is 11.7 Å². The van der Waals surface area contributed by atoms with Gasteiger partial charge in [-0.15, -0.1) is 10.2 Å². The average molecular weight is 506 g/mol. The van der Waals surface area contributed by atoms with Crippen molar-refractivity contribution >= 4 is 17.4 Å². The quantitative estimate of drug-likeness (QED) is 0.396. The summed E-state index contributed by atoms with van der Waals surface area (Å²) in [6.07, 6.45) is -6.85. The molecule has 34 heavy (non-hydrogen) atoms. The number of benzene rings is 1. The van der Waals surface area contributed by atoms with Crippen molar-refractivity contribution in [1.82, 2.24) is 19.7 Å². The number of pyridine rings is 1. The van der Waals surface area contributed by atoms with Gasteiger partial charge < -0.3 is 4.90 Å². The average Bonchev–Trinajstić information content (AvgIpc) is 3.49. The zero-order valence-electron chi connectivity index (χ0n) is 17.1. The van der Waals surface area contributed by atoms with Crippen molar-refractivity contribution in [3.63, 3.8) is 0 Å². The normalized spacial score (nSPS) is 22.6. The van der Waals surface area contributed by atoms with Crippen LogP contribution in [0.3, 0.4) is 0 Å². The summed E-state index contributed by atoms with van der Waals surface area (Å²) in [5.41, 5.74) is -2.65. The minimum atomic E-state index is -5.06. The van der Waals surface area contributed by atoms with E-state index in [-0.39, 0.29) is 23.0 Å². The van der Waals surface area contributed by atoms with Crippen LogP contribution in [-0.2, 0) is 12.4 Å². The Morgan fingerprint density at radius 1 is 0.971 bits per heavy atom. The van der Waals surface area contributed by atoms with Crippen molar-refractivity contribution < 1.29 is 30.7 Å². The molecule has 1 aliphatic heterocycles. The SMILES string of the molecule is Fc1ccc(-n2cnnc2[C@@H]2[C@H]3CC[C@H](C3)N2c2cc(C(F)(F)F)cc(C(F)(F)F)n2)cc1Cl. The van der Waals surface area contributed by atoms with Crippen molar-refractivity contribution in [2.75, 3.05) is 4.90 Å². The number of alkyl halides is 6. The highest BCUT2D eigenvalue weighted by Gasteiger charge is 2.50. The molecule has 0 radical (unpaired) electrons. The molecule has 0 amide bonds. The van der Waals surface area contributed by atoms with Crippen LogP contribution in [0.2, 0.25) is 5.02 Å². The number of fused-ring (bicyclic) bond motifs is 2. The number of rotatable bonds is 3. The first-order valence-corrected chi connectivity index (χ1v) is 10.6. The Morgan fingerprint density at radius 2 is 1.74 bits per heavy atom. The molecule has 3 heterocycles. The Bertz CT molecular complexity index is 1210. The second kappa shape index (κ2) is 7.82. The molecule has 0 unspecified atom stereocenters. The Balaban J connectivity index is 1.63. The molecule has 1 aliphatic carbocycles. The minimum Gasteiger partial charge on any atom is -0.343 e. The van der Waals surface area contributed by atoms with E-state index < -0.39 is 41.3 Å². The number of nitrogens with zero attached hydrogens (tertiary/aromatic N) is 5.